The lowest BCUT2D eigenvalue weighted by atomic mass is 10.0. The second-order valence-corrected chi connectivity index (χ2v) is 5.17. The van der Waals surface area contributed by atoms with Crippen LogP contribution in [0, 0.1) is 17.1 Å². The molecule has 2 N–H and O–H groups in total. The summed E-state index contributed by atoms with van der Waals surface area (Å²) in [5.74, 6) is -0.351. The second kappa shape index (κ2) is 6.49. The van der Waals surface area contributed by atoms with Crippen LogP contribution in [0.1, 0.15) is 24.8 Å². The van der Waals surface area contributed by atoms with Gasteiger partial charge in [-0.2, -0.15) is 5.26 Å². The van der Waals surface area contributed by atoms with Gasteiger partial charge in [-0.3, -0.25) is 4.79 Å². The van der Waals surface area contributed by atoms with E-state index < -0.39 is 0 Å². The number of amides is 1. The summed E-state index contributed by atoms with van der Waals surface area (Å²) in [7, 11) is 0. The molecule has 106 valence electrons. The maximum atomic E-state index is 12.8. The third kappa shape index (κ3) is 3.55. The van der Waals surface area contributed by atoms with E-state index in [0.29, 0.717) is 13.0 Å². The molecular formula is C15H18FN3O. The van der Waals surface area contributed by atoms with Crippen LogP contribution in [0.25, 0.3) is 0 Å². The van der Waals surface area contributed by atoms with Crippen LogP contribution in [0.5, 0.6) is 0 Å². The van der Waals surface area contributed by atoms with E-state index in [1.807, 2.05) is 0 Å². The Labute approximate surface area is 118 Å². The van der Waals surface area contributed by atoms with Crippen LogP contribution >= 0.6 is 0 Å². The van der Waals surface area contributed by atoms with Gasteiger partial charge in [0.1, 0.15) is 11.9 Å². The van der Waals surface area contributed by atoms with Gasteiger partial charge in [-0.05, 0) is 37.0 Å². The van der Waals surface area contributed by atoms with Gasteiger partial charge in [0.15, 0.2) is 0 Å². The first-order valence-electron chi connectivity index (χ1n) is 6.79. The van der Waals surface area contributed by atoms with Crippen molar-refractivity contribution in [3.05, 3.63) is 35.6 Å². The summed E-state index contributed by atoms with van der Waals surface area (Å²) < 4.78 is 12.8. The Morgan fingerprint density at radius 2 is 2.20 bits per heavy atom. The van der Waals surface area contributed by atoms with Crippen molar-refractivity contribution in [3.8, 4) is 6.07 Å². The molecule has 1 aromatic rings. The topological polar surface area (TPSA) is 70.1 Å². The van der Waals surface area contributed by atoms with Crippen molar-refractivity contribution in [2.45, 2.75) is 37.8 Å². The van der Waals surface area contributed by atoms with E-state index in [0.717, 1.165) is 18.4 Å². The summed E-state index contributed by atoms with van der Waals surface area (Å²) in [6.07, 6.45) is 2.36. The highest BCUT2D eigenvalue weighted by Crippen LogP contribution is 2.18. The number of hydrogen-bond acceptors (Lipinski definition) is 3. The Kier molecular flexibility index (Phi) is 4.70. The van der Waals surface area contributed by atoms with E-state index >= 15 is 0 Å². The van der Waals surface area contributed by atoms with E-state index in [1.54, 1.807) is 17.0 Å². The molecular weight excluding hydrogens is 257 g/mol. The first kappa shape index (κ1) is 14.5. The summed E-state index contributed by atoms with van der Waals surface area (Å²) in [4.78, 5) is 13.7. The molecule has 1 aliphatic heterocycles. The zero-order valence-electron chi connectivity index (χ0n) is 11.3. The van der Waals surface area contributed by atoms with Crippen molar-refractivity contribution in [2.24, 2.45) is 5.73 Å². The number of benzene rings is 1. The molecule has 0 aromatic heterocycles. The Bertz CT molecular complexity index is 509. The van der Waals surface area contributed by atoms with E-state index in [1.165, 1.54) is 12.1 Å². The van der Waals surface area contributed by atoms with Gasteiger partial charge in [0.25, 0.3) is 0 Å². The molecule has 0 unspecified atom stereocenters. The Hall–Kier alpha value is -1.93. The highest BCUT2D eigenvalue weighted by Gasteiger charge is 2.29. The standard InChI is InChI=1S/C15H18FN3O/c16-12-5-3-11(4-6-12)8-13(18)9-15(20)19-7-1-2-14(19)10-17/h3-6,13-14H,1-2,7-9,18H2/t13-,14+/m1/s1. The minimum Gasteiger partial charge on any atom is -0.327 e. The lowest BCUT2D eigenvalue weighted by Gasteiger charge is -2.21. The number of hydrogen-bond donors (Lipinski definition) is 1. The lowest BCUT2D eigenvalue weighted by Crippen LogP contribution is -2.39. The third-order valence-electron chi connectivity index (χ3n) is 3.57. The first-order chi connectivity index (χ1) is 9.60. The van der Waals surface area contributed by atoms with Gasteiger partial charge in [-0.25, -0.2) is 4.39 Å². The molecule has 1 fully saturated rings. The fraction of sp³-hybridized carbons (Fsp3) is 0.467. The number of nitrogens with zero attached hydrogens (tertiary/aromatic N) is 2. The van der Waals surface area contributed by atoms with Crippen molar-refractivity contribution >= 4 is 5.91 Å². The molecule has 2 rings (SSSR count). The monoisotopic (exact) mass is 275 g/mol. The van der Waals surface area contributed by atoms with E-state index in [-0.39, 0.29) is 30.2 Å². The number of likely N-dealkylation sites (tertiary alicyclic amines) is 1. The number of carbonyl (C=O) groups is 1. The zero-order chi connectivity index (χ0) is 14.5. The SMILES string of the molecule is N#C[C@@H]1CCCN1C(=O)C[C@H](N)Cc1ccc(F)cc1. The molecule has 0 bridgehead atoms. The van der Waals surface area contributed by atoms with Crippen LogP contribution in [-0.4, -0.2) is 29.4 Å². The molecule has 1 heterocycles. The molecule has 0 saturated carbocycles. The molecule has 20 heavy (non-hydrogen) atoms. The summed E-state index contributed by atoms with van der Waals surface area (Å²) >= 11 is 0. The second-order valence-electron chi connectivity index (χ2n) is 5.17. The van der Waals surface area contributed by atoms with Crippen molar-refractivity contribution < 1.29 is 9.18 Å². The van der Waals surface area contributed by atoms with Gasteiger partial charge in [0, 0.05) is 19.0 Å². The van der Waals surface area contributed by atoms with Gasteiger partial charge < -0.3 is 10.6 Å². The number of nitriles is 1. The largest absolute Gasteiger partial charge is 0.327 e. The van der Waals surface area contributed by atoms with E-state index in [4.69, 9.17) is 11.0 Å². The summed E-state index contributed by atoms with van der Waals surface area (Å²) in [5, 5.41) is 8.97. The molecule has 2 atom stereocenters. The molecule has 1 saturated heterocycles. The zero-order valence-corrected chi connectivity index (χ0v) is 11.3. The normalized spacial score (nSPS) is 19.6. The van der Waals surface area contributed by atoms with Gasteiger partial charge in [-0.15, -0.1) is 0 Å². The van der Waals surface area contributed by atoms with Crippen LogP contribution in [0.2, 0.25) is 0 Å². The van der Waals surface area contributed by atoms with Crippen molar-refractivity contribution in [3.63, 3.8) is 0 Å². The average molecular weight is 275 g/mol. The smallest absolute Gasteiger partial charge is 0.225 e. The number of carbonyl (C=O) groups excluding carboxylic acids is 1. The number of halogens is 1. The average Bonchev–Trinajstić information content (AvgIpc) is 2.89. The van der Waals surface area contributed by atoms with Crippen LogP contribution in [0.4, 0.5) is 4.39 Å². The Balaban J connectivity index is 1.88. The molecule has 4 nitrogen and oxygen atoms in total. The minimum atomic E-state index is -0.312. The first-order valence-corrected chi connectivity index (χ1v) is 6.79. The fourth-order valence-electron chi connectivity index (χ4n) is 2.54. The van der Waals surface area contributed by atoms with E-state index in [9.17, 15) is 9.18 Å². The van der Waals surface area contributed by atoms with Crippen LogP contribution in [0.15, 0.2) is 24.3 Å². The highest BCUT2D eigenvalue weighted by molar-refractivity contribution is 5.77. The maximum Gasteiger partial charge on any atom is 0.225 e. The van der Waals surface area contributed by atoms with Gasteiger partial charge >= 0.3 is 0 Å². The Morgan fingerprint density at radius 1 is 1.50 bits per heavy atom. The van der Waals surface area contributed by atoms with Gasteiger partial charge in [0.05, 0.1) is 6.07 Å². The molecule has 5 heteroatoms. The minimum absolute atomic E-state index is 0.0661. The predicted octanol–water partition coefficient (Wildman–Crippen LogP) is 1.60. The number of rotatable bonds is 4. The molecule has 0 spiro atoms. The highest BCUT2D eigenvalue weighted by atomic mass is 19.1. The fourth-order valence-corrected chi connectivity index (χ4v) is 2.54. The van der Waals surface area contributed by atoms with Crippen LogP contribution in [-0.2, 0) is 11.2 Å². The van der Waals surface area contributed by atoms with Crippen molar-refractivity contribution in [2.75, 3.05) is 6.54 Å². The molecule has 0 aliphatic carbocycles. The third-order valence-corrected chi connectivity index (χ3v) is 3.57. The summed E-state index contributed by atoms with van der Waals surface area (Å²) in [5.41, 5.74) is 6.88. The predicted molar refractivity (Wildman–Crippen MR) is 73.0 cm³/mol. The van der Waals surface area contributed by atoms with Gasteiger partial charge in [-0.1, -0.05) is 12.1 Å². The van der Waals surface area contributed by atoms with Gasteiger partial charge in [0.2, 0.25) is 5.91 Å². The molecule has 1 aromatic carbocycles. The molecule has 1 aliphatic rings. The van der Waals surface area contributed by atoms with Crippen LogP contribution in [0.3, 0.4) is 0 Å². The maximum absolute atomic E-state index is 12.8. The van der Waals surface area contributed by atoms with Crippen molar-refractivity contribution in [1.29, 1.82) is 5.26 Å². The quantitative estimate of drug-likeness (QED) is 0.907. The molecule has 1 amide bonds. The summed E-state index contributed by atoms with van der Waals surface area (Å²) in [6, 6.07) is 7.65. The van der Waals surface area contributed by atoms with E-state index in [2.05, 4.69) is 6.07 Å². The number of nitrogens with two attached hydrogens (primary N) is 1. The summed E-state index contributed by atoms with van der Waals surface area (Å²) in [6.45, 7) is 0.639. The van der Waals surface area contributed by atoms with Crippen LogP contribution < -0.4 is 5.73 Å². The van der Waals surface area contributed by atoms with Crippen molar-refractivity contribution in [1.82, 2.24) is 4.90 Å². The lowest BCUT2D eigenvalue weighted by molar-refractivity contribution is -0.131. The molecule has 0 radical (unpaired) electrons. The Morgan fingerprint density at radius 3 is 2.85 bits per heavy atom.